The largest absolute Gasteiger partial charge is 0.491 e. The number of carbonyl (C=O) groups is 1. The predicted molar refractivity (Wildman–Crippen MR) is 122 cm³/mol. The number of hydrogen-bond acceptors (Lipinski definition) is 5. The number of ether oxygens (including phenoxy) is 3. The summed E-state index contributed by atoms with van der Waals surface area (Å²) in [5.41, 5.74) is 1.32. The third-order valence-electron chi connectivity index (χ3n) is 4.70. The van der Waals surface area contributed by atoms with Gasteiger partial charge in [-0.3, -0.25) is 4.79 Å². The molecular formula is C25H20ClFN2O4. The molecule has 1 fully saturated rings. The molecule has 168 valence electrons. The molecule has 6 nitrogen and oxygen atoms in total. The van der Waals surface area contributed by atoms with Gasteiger partial charge in [0.1, 0.15) is 18.5 Å². The third-order valence-corrected chi connectivity index (χ3v) is 5.03. The van der Waals surface area contributed by atoms with Crippen molar-refractivity contribution in [3.05, 3.63) is 88.3 Å². The zero-order chi connectivity index (χ0) is 23.0. The predicted octanol–water partition coefficient (Wildman–Crippen LogP) is 4.32. The lowest BCUT2D eigenvalue weighted by molar-refractivity contribution is -0.101. The van der Waals surface area contributed by atoms with Crippen LogP contribution in [0.4, 0.5) is 10.2 Å². The molecule has 4 rings (SSSR count). The van der Waals surface area contributed by atoms with Crippen LogP contribution in [0, 0.1) is 17.7 Å². The first-order valence-electron chi connectivity index (χ1n) is 10.2. The average Bonchev–Trinajstić information content (AvgIpc) is 2.85. The molecule has 0 spiro atoms. The first-order valence-corrected chi connectivity index (χ1v) is 10.6. The number of carbonyl (C=O) groups excluding carboxylic acids is 1. The Labute approximate surface area is 195 Å². The Morgan fingerprint density at radius 2 is 1.97 bits per heavy atom. The highest BCUT2D eigenvalue weighted by Crippen LogP contribution is 2.24. The highest BCUT2D eigenvalue weighted by molar-refractivity contribution is 6.34. The van der Waals surface area contributed by atoms with Gasteiger partial charge in [0.25, 0.3) is 5.91 Å². The van der Waals surface area contributed by atoms with Gasteiger partial charge in [0, 0.05) is 17.3 Å². The standard InChI is InChI=1S/C25H20ClFN2O4/c26-22-9-8-19(33-16-20-15-31-10-11-32-20)13-21(22)25(30)29-24-23(27)12-18(14-28-24)7-6-17-4-2-1-3-5-17/h1-5,8-9,12-14,20H,10-11,15-16H2,(H,28,29,30)/t20-/m1/s1. The van der Waals surface area contributed by atoms with E-state index in [-0.39, 0.29) is 29.1 Å². The fourth-order valence-corrected chi connectivity index (χ4v) is 3.23. The number of nitrogens with one attached hydrogen (secondary N) is 1. The van der Waals surface area contributed by atoms with Crippen LogP contribution in [-0.2, 0) is 9.47 Å². The van der Waals surface area contributed by atoms with Gasteiger partial charge in [-0.1, -0.05) is 41.6 Å². The number of pyridine rings is 1. The first-order chi connectivity index (χ1) is 16.1. The van der Waals surface area contributed by atoms with Crippen LogP contribution in [-0.4, -0.2) is 43.4 Å². The van der Waals surface area contributed by atoms with Gasteiger partial charge < -0.3 is 19.5 Å². The summed E-state index contributed by atoms with van der Waals surface area (Å²) >= 11 is 6.18. The molecule has 0 bridgehead atoms. The van der Waals surface area contributed by atoms with E-state index in [4.69, 9.17) is 25.8 Å². The van der Waals surface area contributed by atoms with Crippen LogP contribution in [0.3, 0.4) is 0 Å². The van der Waals surface area contributed by atoms with E-state index in [1.807, 2.05) is 30.3 Å². The van der Waals surface area contributed by atoms with E-state index in [9.17, 15) is 9.18 Å². The molecule has 0 radical (unpaired) electrons. The lowest BCUT2D eigenvalue weighted by atomic mass is 10.2. The van der Waals surface area contributed by atoms with Crippen molar-refractivity contribution in [2.75, 3.05) is 31.7 Å². The maximum absolute atomic E-state index is 14.5. The molecule has 1 atom stereocenters. The lowest BCUT2D eigenvalue weighted by Crippen LogP contribution is -2.33. The summed E-state index contributed by atoms with van der Waals surface area (Å²) in [5, 5.41) is 2.64. The van der Waals surface area contributed by atoms with E-state index in [0.717, 1.165) is 5.56 Å². The van der Waals surface area contributed by atoms with Crippen molar-refractivity contribution in [1.29, 1.82) is 0 Å². The average molecular weight is 467 g/mol. The number of aromatic nitrogens is 1. The number of hydrogen-bond donors (Lipinski definition) is 1. The van der Waals surface area contributed by atoms with Crippen molar-refractivity contribution < 1.29 is 23.4 Å². The summed E-state index contributed by atoms with van der Waals surface area (Å²) in [7, 11) is 0. The summed E-state index contributed by atoms with van der Waals surface area (Å²) in [6.45, 7) is 1.78. The smallest absolute Gasteiger partial charge is 0.258 e. The van der Waals surface area contributed by atoms with Crippen molar-refractivity contribution >= 4 is 23.3 Å². The summed E-state index contributed by atoms with van der Waals surface area (Å²) in [6, 6.07) is 15.2. The summed E-state index contributed by atoms with van der Waals surface area (Å²) in [4.78, 5) is 16.7. The topological polar surface area (TPSA) is 69.7 Å². The molecule has 33 heavy (non-hydrogen) atoms. The van der Waals surface area contributed by atoms with Crippen molar-refractivity contribution in [2.45, 2.75) is 6.10 Å². The van der Waals surface area contributed by atoms with Gasteiger partial charge in [0.05, 0.1) is 30.4 Å². The molecule has 1 aliphatic heterocycles. The minimum Gasteiger partial charge on any atom is -0.491 e. The Kier molecular flexibility index (Phi) is 7.53. The van der Waals surface area contributed by atoms with Crippen molar-refractivity contribution in [3.63, 3.8) is 0 Å². The van der Waals surface area contributed by atoms with Crippen LogP contribution < -0.4 is 10.1 Å². The normalized spacial score (nSPS) is 15.3. The number of anilines is 1. The monoisotopic (exact) mass is 466 g/mol. The van der Waals surface area contributed by atoms with Crippen LogP contribution in [0.15, 0.2) is 60.8 Å². The number of halogens is 2. The third kappa shape index (κ3) is 6.30. The van der Waals surface area contributed by atoms with Crippen LogP contribution >= 0.6 is 11.6 Å². The Morgan fingerprint density at radius 3 is 2.73 bits per heavy atom. The Morgan fingerprint density at radius 1 is 1.15 bits per heavy atom. The van der Waals surface area contributed by atoms with E-state index in [0.29, 0.717) is 31.1 Å². The van der Waals surface area contributed by atoms with E-state index in [1.165, 1.54) is 24.4 Å². The maximum Gasteiger partial charge on any atom is 0.258 e. The summed E-state index contributed by atoms with van der Waals surface area (Å²) in [5.74, 6) is 4.67. The van der Waals surface area contributed by atoms with Crippen molar-refractivity contribution in [2.24, 2.45) is 0 Å². The highest BCUT2D eigenvalue weighted by atomic mass is 35.5. The van der Waals surface area contributed by atoms with Gasteiger partial charge >= 0.3 is 0 Å². The van der Waals surface area contributed by atoms with E-state index < -0.39 is 11.7 Å². The molecule has 0 aliphatic carbocycles. The molecule has 1 saturated heterocycles. The van der Waals surface area contributed by atoms with Crippen LogP contribution in [0.25, 0.3) is 0 Å². The molecule has 3 aromatic rings. The second-order valence-corrected chi connectivity index (χ2v) is 7.55. The molecule has 1 aromatic heterocycles. The maximum atomic E-state index is 14.5. The SMILES string of the molecule is O=C(Nc1ncc(C#Cc2ccccc2)cc1F)c1cc(OC[C@H]2COCCO2)ccc1Cl. The Hall–Kier alpha value is -3.44. The number of amides is 1. The van der Waals surface area contributed by atoms with E-state index in [1.54, 1.807) is 6.07 Å². The van der Waals surface area contributed by atoms with E-state index >= 15 is 0 Å². The molecule has 0 saturated carbocycles. The summed E-state index contributed by atoms with van der Waals surface area (Å²) < 4.78 is 31.1. The summed E-state index contributed by atoms with van der Waals surface area (Å²) in [6.07, 6.45) is 1.20. The minimum atomic E-state index is -0.707. The number of nitrogens with zero attached hydrogens (tertiary/aromatic N) is 1. The lowest BCUT2D eigenvalue weighted by Gasteiger charge is -2.23. The highest BCUT2D eigenvalue weighted by Gasteiger charge is 2.18. The second-order valence-electron chi connectivity index (χ2n) is 7.14. The zero-order valence-electron chi connectivity index (χ0n) is 17.5. The second kappa shape index (κ2) is 10.9. The molecule has 0 unspecified atom stereocenters. The van der Waals surface area contributed by atoms with Crippen molar-refractivity contribution in [3.8, 4) is 17.6 Å². The van der Waals surface area contributed by atoms with Gasteiger partial charge in [-0.25, -0.2) is 9.37 Å². The quantitative estimate of drug-likeness (QED) is 0.567. The van der Waals surface area contributed by atoms with Gasteiger partial charge in [-0.05, 0) is 36.4 Å². The fraction of sp³-hybridized carbons (Fsp3) is 0.200. The fourth-order valence-electron chi connectivity index (χ4n) is 3.03. The Balaban J connectivity index is 1.42. The molecule has 8 heteroatoms. The van der Waals surface area contributed by atoms with Gasteiger partial charge in [0.15, 0.2) is 11.6 Å². The molecule has 1 N–H and O–H groups in total. The van der Waals surface area contributed by atoms with Gasteiger partial charge in [-0.2, -0.15) is 0 Å². The molecule has 2 heterocycles. The Bertz CT molecular complexity index is 1190. The molecular weight excluding hydrogens is 447 g/mol. The van der Waals surface area contributed by atoms with Crippen LogP contribution in [0.2, 0.25) is 5.02 Å². The first kappa shape index (κ1) is 22.7. The molecule has 1 amide bonds. The number of benzene rings is 2. The van der Waals surface area contributed by atoms with Crippen molar-refractivity contribution in [1.82, 2.24) is 4.98 Å². The van der Waals surface area contributed by atoms with Gasteiger partial charge in [-0.15, -0.1) is 0 Å². The van der Waals surface area contributed by atoms with Crippen LogP contribution in [0.1, 0.15) is 21.5 Å². The zero-order valence-corrected chi connectivity index (χ0v) is 18.3. The number of rotatable bonds is 5. The van der Waals surface area contributed by atoms with Crippen LogP contribution in [0.5, 0.6) is 5.75 Å². The minimum absolute atomic E-state index is 0.129. The molecule has 1 aliphatic rings. The molecule has 2 aromatic carbocycles. The van der Waals surface area contributed by atoms with Gasteiger partial charge in [0.2, 0.25) is 0 Å². The van der Waals surface area contributed by atoms with E-state index in [2.05, 4.69) is 22.1 Å².